The molecular weight excluding hydrogens is 466 g/mol. The van der Waals surface area contributed by atoms with Gasteiger partial charge in [0.05, 0.1) is 23.0 Å². The lowest BCUT2D eigenvalue weighted by molar-refractivity contribution is -0.384. The number of hydrogen-bond donors (Lipinski definition) is 1. The lowest BCUT2D eigenvalue weighted by Gasteiger charge is -2.25. The van der Waals surface area contributed by atoms with E-state index in [-0.39, 0.29) is 38.6 Å². The Kier molecular flexibility index (Phi) is 6.35. The third kappa shape index (κ3) is 4.50. The number of nitro groups is 1. The molecule has 34 heavy (non-hydrogen) atoms. The molecule has 0 unspecified atom stereocenters. The fraction of sp³-hybridized carbons (Fsp3) is 0.273. The summed E-state index contributed by atoms with van der Waals surface area (Å²) in [5.74, 6) is -0.827. The topological polar surface area (TPSA) is 149 Å². The lowest BCUT2D eigenvalue weighted by Crippen LogP contribution is -2.35. The number of nitrogens with one attached hydrogen (secondary N) is 1. The summed E-state index contributed by atoms with van der Waals surface area (Å²) in [6.45, 7) is 0.947. The van der Waals surface area contributed by atoms with Crippen LogP contribution in [0.1, 0.15) is 29.6 Å². The second-order valence-corrected chi connectivity index (χ2v) is 9.65. The zero-order valence-electron chi connectivity index (χ0n) is 18.1. The van der Waals surface area contributed by atoms with Gasteiger partial charge in [0.25, 0.3) is 11.6 Å². The first-order valence-corrected chi connectivity index (χ1v) is 11.9. The van der Waals surface area contributed by atoms with Crippen LogP contribution in [0, 0.1) is 10.1 Å². The number of sulfonamides is 1. The molecule has 1 N–H and O–H groups in total. The first-order chi connectivity index (χ1) is 16.2. The SMILES string of the molecule is COc1cc([N+](=O)[O-])cc2cc(C(=O)Nc3ccc(S(=O)(=O)N4CCCCC4)cc3)c(=O)oc12. The van der Waals surface area contributed by atoms with Gasteiger partial charge < -0.3 is 14.5 Å². The minimum Gasteiger partial charge on any atom is -0.493 e. The summed E-state index contributed by atoms with van der Waals surface area (Å²) in [7, 11) is -2.35. The van der Waals surface area contributed by atoms with Gasteiger partial charge in [-0.1, -0.05) is 6.42 Å². The summed E-state index contributed by atoms with van der Waals surface area (Å²) >= 11 is 0. The number of benzene rings is 2. The second kappa shape index (κ2) is 9.23. The molecule has 0 atom stereocenters. The summed E-state index contributed by atoms with van der Waals surface area (Å²) in [4.78, 5) is 35.8. The van der Waals surface area contributed by atoms with Gasteiger partial charge >= 0.3 is 5.63 Å². The molecule has 1 aliphatic heterocycles. The highest BCUT2D eigenvalue weighted by molar-refractivity contribution is 7.89. The fourth-order valence-corrected chi connectivity index (χ4v) is 5.28. The average Bonchev–Trinajstić information content (AvgIpc) is 2.83. The molecule has 1 aromatic heterocycles. The molecule has 3 aromatic rings. The Balaban J connectivity index is 1.60. The van der Waals surface area contributed by atoms with Gasteiger partial charge in [-0.05, 0) is 43.2 Å². The average molecular weight is 487 g/mol. The van der Waals surface area contributed by atoms with Crippen LogP contribution in [0.25, 0.3) is 11.0 Å². The van der Waals surface area contributed by atoms with Crippen molar-refractivity contribution >= 4 is 38.3 Å². The Bertz CT molecular complexity index is 1430. The molecule has 178 valence electrons. The Labute approximate surface area is 194 Å². The Morgan fingerprint density at radius 1 is 1.12 bits per heavy atom. The van der Waals surface area contributed by atoms with Gasteiger partial charge in [-0.25, -0.2) is 13.2 Å². The monoisotopic (exact) mass is 487 g/mol. The molecule has 2 aromatic carbocycles. The number of non-ortho nitro benzene ring substituents is 1. The summed E-state index contributed by atoms with van der Waals surface area (Å²) < 4.78 is 37.2. The molecule has 0 spiro atoms. The molecule has 4 rings (SSSR count). The lowest BCUT2D eigenvalue weighted by atomic mass is 10.1. The van der Waals surface area contributed by atoms with Crippen LogP contribution in [0.15, 0.2) is 56.6 Å². The van der Waals surface area contributed by atoms with Gasteiger partial charge in [0.2, 0.25) is 10.0 Å². The van der Waals surface area contributed by atoms with Gasteiger partial charge in [-0.15, -0.1) is 0 Å². The number of amides is 1. The van der Waals surface area contributed by atoms with Crippen molar-refractivity contribution in [3.63, 3.8) is 0 Å². The van der Waals surface area contributed by atoms with E-state index in [0.29, 0.717) is 13.1 Å². The summed E-state index contributed by atoms with van der Waals surface area (Å²) in [5.41, 5.74) is -1.39. The summed E-state index contributed by atoms with van der Waals surface area (Å²) in [6.07, 6.45) is 2.63. The van der Waals surface area contributed by atoms with Gasteiger partial charge in [-0.3, -0.25) is 14.9 Å². The normalized spacial score (nSPS) is 14.6. The van der Waals surface area contributed by atoms with E-state index in [1.54, 1.807) is 0 Å². The van der Waals surface area contributed by atoms with Gasteiger partial charge in [0.15, 0.2) is 11.3 Å². The van der Waals surface area contributed by atoms with Crippen molar-refractivity contribution in [3.05, 3.63) is 68.6 Å². The number of methoxy groups -OCH3 is 1. The molecule has 1 saturated heterocycles. The zero-order chi connectivity index (χ0) is 24.5. The predicted octanol–water partition coefficient (Wildman–Crippen LogP) is 3.14. The molecule has 1 aliphatic rings. The van der Waals surface area contributed by atoms with Crippen LogP contribution in [0.3, 0.4) is 0 Å². The van der Waals surface area contributed by atoms with Gasteiger partial charge in [0.1, 0.15) is 5.56 Å². The molecule has 11 nitrogen and oxygen atoms in total. The van der Waals surface area contributed by atoms with E-state index in [9.17, 15) is 28.1 Å². The third-order valence-electron chi connectivity index (χ3n) is 5.52. The van der Waals surface area contributed by atoms with Crippen molar-refractivity contribution in [1.82, 2.24) is 4.31 Å². The third-order valence-corrected chi connectivity index (χ3v) is 7.44. The summed E-state index contributed by atoms with van der Waals surface area (Å²) in [6, 6.07) is 9.08. The van der Waals surface area contributed by atoms with Crippen molar-refractivity contribution in [1.29, 1.82) is 0 Å². The maximum atomic E-state index is 12.8. The van der Waals surface area contributed by atoms with Crippen LogP contribution in [-0.4, -0.2) is 43.8 Å². The molecule has 0 radical (unpaired) electrons. The fourth-order valence-electron chi connectivity index (χ4n) is 3.77. The smallest absolute Gasteiger partial charge is 0.349 e. The van der Waals surface area contributed by atoms with E-state index >= 15 is 0 Å². The number of nitrogens with zero attached hydrogens (tertiary/aromatic N) is 2. The Hall–Kier alpha value is -3.77. The highest BCUT2D eigenvalue weighted by Gasteiger charge is 2.26. The minimum absolute atomic E-state index is 0.0150. The van der Waals surface area contributed by atoms with E-state index in [1.165, 1.54) is 41.7 Å². The van der Waals surface area contributed by atoms with Crippen molar-refractivity contribution < 1.29 is 27.3 Å². The largest absolute Gasteiger partial charge is 0.493 e. The standard InChI is InChI=1S/C22H21N3O8S/c1-32-19-13-16(25(28)29)11-14-12-18(22(27)33-20(14)19)21(26)23-15-5-7-17(8-6-15)34(30,31)24-9-3-2-4-10-24/h5-8,11-13H,2-4,9-10H2,1H3,(H,23,26). The van der Waals surface area contributed by atoms with Crippen LogP contribution in [0.2, 0.25) is 0 Å². The first kappa shape index (κ1) is 23.4. The van der Waals surface area contributed by atoms with Crippen LogP contribution < -0.4 is 15.7 Å². The number of hydrogen-bond acceptors (Lipinski definition) is 8. The maximum absolute atomic E-state index is 12.8. The second-order valence-electron chi connectivity index (χ2n) is 7.71. The van der Waals surface area contributed by atoms with Crippen molar-refractivity contribution in [2.24, 2.45) is 0 Å². The van der Waals surface area contributed by atoms with Crippen LogP contribution in [-0.2, 0) is 10.0 Å². The van der Waals surface area contributed by atoms with Crippen LogP contribution >= 0.6 is 0 Å². The molecule has 0 aliphatic carbocycles. The number of rotatable bonds is 6. The first-order valence-electron chi connectivity index (χ1n) is 10.4. The number of carbonyl (C=O) groups excluding carboxylic acids is 1. The number of carbonyl (C=O) groups is 1. The molecular formula is C22H21N3O8S. The van der Waals surface area contributed by atoms with E-state index in [0.717, 1.165) is 31.4 Å². The van der Waals surface area contributed by atoms with Crippen LogP contribution in [0.4, 0.5) is 11.4 Å². The predicted molar refractivity (Wildman–Crippen MR) is 123 cm³/mol. The highest BCUT2D eigenvalue weighted by atomic mass is 32.2. The van der Waals surface area contributed by atoms with E-state index < -0.39 is 26.5 Å². The minimum atomic E-state index is -3.62. The number of fused-ring (bicyclic) bond motifs is 1. The molecule has 0 bridgehead atoms. The Morgan fingerprint density at radius 2 is 1.79 bits per heavy atom. The summed E-state index contributed by atoms with van der Waals surface area (Å²) in [5, 5.41) is 13.8. The number of ether oxygens (including phenoxy) is 1. The van der Waals surface area contributed by atoms with Gasteiger partial charge in [-0.2, -0.15) is 4.31 Å². The number of piperidine rings is 1. The molecule has 0 saturated carbocycles. The maximum Gasteiger partial charge on any atom is 0.349 e. The molecule has 1 amide bonds. The van der Waals surface area contributed by atoms with Crippen molar-refractivity contribution in [2.45, 2.75) is 24.2 Å². The Morgan fingerprint density at radius 3 is 2.41 bits per heavy atom. The van der Waals surface area contributed by atoms with Crippen molar-refractivity contribution in [2.75, 3.05) is 25.5 Å². The van der Waals surface area contributed by atoms with E-state index in [4.69, 9.17) is 9.15 Å². The molecule has 12 heteroatoms. The number of anilines is 1. The number of nitro benzene ring substituents is 1. The zero-order valence-corrected chi connectivity index (χ0v) is 19.0. The quantitative estimate of drug-likeness (QED) is 0.317. The van der Waals surface area contributed by atoms with Crippen molar-refractivity contribution in [3.8, 4) is 5.75 Å². The highest BCUT2D eigenvalue weighted by Crippen LogP contribution is 2.30. The molecule has 2 heterocycles. The van der Waals surface area contributed by atoms with Crippen LogP contribution in [0.5, 0.6) is 5.75 Å². The van der Waals surface area contributed by atoms with E-state index in [1.807, 2.05) is 0 Å². The van der Waals surface area contributed by atoms with E-state index in [2.05, 4.69) is 5.32 Å². The van der Waals surface area contributed by atoms with Gasteiger partial charge in [0, 0.05) is 30.2 Å². The molecule has 1 fully saturated rings.